The Morgan fingerprint density at radius 1 is 1.04 bits per heavy atom. The first-order chi connectivity index (χ1) is 12.9. The molecular formula is C23H28O4. The summed E-state index contributed by atoms with van der Waals surface area (Å²) in [6.45, 7) is 4.27. The highest BCUT2D eigenvalue weighted by Gasteiger charge is 2.81. The van der Waals surface area contributed by atoms with E-state index in [0.29, 0.717) is 36.5 Å². The number of hydrogen-bond donors (Lipinski definition) is 0. The Hall–Kier alpha value is -2.10. The van der Waals surface area contributed by atoms with Gasteiger partial charge in [-0.3, -0.25) is 9.59 Å². The lowest BCUT2D eigenvalue weighted by Crippen LogP contribution is -2.41. The minimum absolute atomic E-state index is 0.000347. The molecule has 144 valence electrons. The normalized spacial score (nSPS) is 35.0. The van der Waals surface area contributed by atoms with Crippen LogP contribution in [0.25, 0.3) is 0 Å². The molecule has 27 heavy (non-hydrogen) atoms. The van der Waals surface area contributed by atoms with Gasteiger partial charge in [-0.05, 0) is 67.8 Å². The molecular weight excluding hydrogens is 340 g/mol. The summed E-state index contributed by atoms with van der Waals surface area (Å²) >= 11 is 0. The lowest BCUT2D eigenvalue weighted by atomic mass is 9.76. The predicted octanol–water partition coefficient (Wildman–Crippen LogP) is 4.11. The van der Waals surface area contributed by atoms with E-state index >= 15 is 0 Å². The zero-order valence-electron chi connectivity index (χ0n) is 16.5. The Balaban J connectivity index is 1.70. The predicted molar refractivity (Wildman–Crippen MR) is 102 cm³/mol. The Morgan fingerprint density at radius 2 is 1.67 bits per heavy atom. The molecule has 4 nitrogen and oxygen atoms in total. The molecule has 0 aliphatic heterocycles. The molecule has 0 aromatic heterocycles. The molecule has 0 saturated heterocycles. The van der Waals surface area contributed by atoms with Crippen LogP contribution >= 0.6 is 0 Å². The van der Waals surface area contributed by atoms with Crippen molar-refractivity contribution in [1.29, 1.82) is 0 Å². The molecule has 0 bridgehead atoms. The maximum absolute atomic E-state index is 12.7. The first-order valence-corrected chi connectivity index (χ1v) is 9.77. The molecule has 1 unspecified atom stereocenters. The number of rotatable bonds is 5. The third-order valence-electron chi connectivity index (χ3n) is 7.13. The number of carbonyl (C=O) groups excluding carboxylic acids is 2. The van der Waals surface area contributed by atoms with Gasteiger partial charge in [0.2, 0.25) is 0 Å². The van der Waals surface area contributed by atoms with E-state index in [2.05, 4.69) is 44.2 Å². The van der Waals surface area contributed by atoms with Crippen molar-refractivity contribution in [3.63, 3.8) is 0 Å². The van der Waals surface area contributed by atoms with Crippen molar-refractivity contribution in [2.45, 2.75) is 39.0 Å². The quantitative estimate of drug-likeness (QED) is 0.446. The zero-order chi connectivity index (χ0) is 19.4. The van der Waals surface area contributed by atoms with E-state index in [4.69, 9.17) is 9.47 Å². The zero-order valence-corrected chi connectivity index (χ0v) is 16.5. The number of carbonyl (C=O) groups is 2. The summed E-state index contributed by atoms with van der Waals surface area (Å²) in [4.78, 5) is 25.3. The van der Waals surface area contributed by atoms with Crippen molar-refractivity contribution in [1.82, 2.24) is 0 Å². The fraction of sp³-hybridized carbons (Fsp3) is 0.565. The summed E-state index contributed by atoms with van der Waals surface area (Å²) in [6, 6.07) is 10.5. The second-order valence-corrected chi connectivity index (χ2v) is 8.80. The lowest BCUT2D eigenvalue weighted by molar-refractivity contribution is -0.170. The SMILES string of the molecule is COC(=O)C1(C(=O)OC)C[C@H]2[C@H](c3ccccc3)C2([C@@H]2C[C@H]2C=C(C)C)C1. The Bertz CT molecular complexity index is 776. The largest absolute Gasteiger partial charge is 0.468 e. The minimum atomic E-state index is -1.14. The molecule has 0 amide bonds. The highest BCUT2D eigenvalue weighted by Crippen LogP contribution is 2.84. The fourth-order valence-corrected chi connectivity index (χ4v) is 6.13. The van der Waals surface area contributed by atoms with Crippen LogP contribution < -0.4 is 0 Å². The van der Waals surface area contributed by atoms with Crippen molar-refractivity contribution < 1.29 is 19.1 Å². The molecule has 3 saturated carbocycles. The van der Waals surface area contributed by atoms with Gasteiger partial charge in [0.15, 0.2) is 5.41 Å². The summed E-state index contributed by atoms with van der Waals surface area (Å²) in [6.07, 6.45) is 4.57. The summed E-state index contributed by atoms with van der Waals surface area (Å²) in [5.74, 6) is 0.954. The van der Waals surface area contributed by atoms with Crippen LogP contribution in [0.15, 0.2) is 42.0 Å². The number of fused-ring (bicyclic) bond motifs is 1. The number of ether oxygens (including phenoxy) is 2. The number of esters is 2. The molecule has 3 aliphatic rings. The van der Waals surface area contributed by atoms with Gasteiger partial charge in [0.25, 0.3) is 0 Å². The topological polar surface area (TPSA) is 52.6 Å². The van der Waals surface area contributed by atoms with Crippen molar-refractivity contribution in [3.8, 4) is 0 Å². The van der Waals surface area contributed by atoms with E-state index in [1.807, 2.05) is 6.07 Å². The fourth-order valence-electron chi connectivity index (χ4n) is 6.13. The third-order valence-corrected chi connectivity index (χ3v) is 7.13. The summed E-state index contributed by atoms with van der Waals surface area (Å²) in [5, 5.41) is 0. The maximum atomic E-state index is 12.7. The number of hydrogen-bond acceptors (Lipinski definition) is 4. The Kier molecular flexibility index (Phi) is 4.21. The van der Waals surface area contributed by atoms with Gasteiger partial charge < -0.3 is 9.47 Å². The van der Waals surface area contributed by atoms with Crippen LogP contribution in [0, 0.1) is 28.6 Å². The molecule has 1 aromatic rings. The maximum Gasteiger partial charge on any atom is 0.323 e. The van der Waals surface area contributed by atoms with Gasteiger partial charge in [-0.25, -0.2) is 0 Å². The van der Waals surface area contributed by atoms with Crippen LogP contribution in [0.3, 0.4) is 0 Å². The molecule has 0 radical (unpaired) electrons. The van der Waals surface area contributed by atoms with Crippen LogP contribution in [-0.4, -0.2) is 26.2 Å². The molecule has 4 heteroatoms. The molecule has 0 N–H and O–H groups in total. The van der Waals surface area contributed by atoms with Crippen LogP contribution in [0.2, 0.25) is 0 Å². The Labute approximate surface area is 160 Å². The summed E-state index contributed by atoms with van der Waals surface area (Å²) < 4.78 is 10.1. The summed E-state index contributed by atoms with van der Waals surface area (Å²) in [7, 11) is 2.73. The van der Waals surface area contributed by atoms with E-state index in [9.17, 15) is 9.59 Å². The van der Waals surface area contributed by atoms with Crippen LogP contribution in [0.4, 0.5) is 0 Å². The lowest BCUT2D eigenvalue weighted by Gasteiger charge is -2.29. The molecule has 3 fully saturated rings. The number of methoxy groups -OCH3 is 2. The van der Waals surface area contributed by atoms with Gasteiger partial charge in [-0.15, -0.1) is 0 Å². The van der Waals surface area contributed by atoms with Crippen molar-refractivity contribution in [3.05, 3.63) is 47.5 Å². The molecule has 4 rings (SSSR count). The van der Waals surface area contributed by atoms with Crippen molar-refractivity contribution in [2.75, 3.05) is 14.2 Å². The average molecular weight is 368 g/mol. The van der Waals surface area contributed by atoms with Gasteiger partial charge in [-0.2, -0.15) is 0 Å². The van der Waals surface area contributed by atoms with E-state index in [0.717, 1.165) is 6.42 Å². The second kappa shape index (κ2) is 6.22. The molecule has 0 heterocycles. The Morgan fingerprint density at radius 3 is 2.22 bits per heavy atom. The molecule has 0 spiro atoms. The molecule has 5 atom stereocenters. The highest BCUT2D eigenvalue weighted by molar-refractivity contribution is 6.01. The molecule has 3 aliphatic carbocycles. The third kappa shape index (κ3) is 2.56. The van der Waals surface area contributed by atoms with E-state index < -0.39 is 17.4 Å². The van der Waals surface area contributed by atoms with Crippen LogP contribution in [0.1, 0.15) is 44.6 Å². The number of benzene rings is 1. The standard InChI is InChI=1S/C23H28O4/c1-14(2)10-16-11-17(16)23-13-22(20(24)26-3,21(25)27-4)12-18(23)19(23)15-8-6-5-7-9-15/h5-10,16-19H,11-13H2,1-4H3/t16-,17-,18+,19+,23?/m1/s1. The second-order valence-electron chi connectivity index (χ2n) is 8.80. The van der Waals surface area contributed by atoms with Gasteiger partial charge in [0.05, 0.1) is 14.2 Å². The van der Waals surface area contributed by atoms with Crippen LogP contribution in [0.5, 0.6) is 0 Å². The van der Waals surface area contributed by atoms with Gasteiger partial charge in [-0.1, -0.05) is 42.0 Å². The highest BCUT2D eigenvalue weighted by atomic mass is 16.5. The first kappa shape index (κ1) is 18.3. The van der Waals surface area contributed by atoms with Crippen LogP contribution in [-0.2, 0) is 19.1 Å². The van der Waals surface area contributed by atoms with E-state index in [1.54, 1.807) is 0 Å². The van der Waals surface area contributed by atoms with Crippen molar-refractivity contribution in [2.24, 2.45) is 28.6 Å². The van der Waals surface area contributed by atoms with Gasteiger partial charge in [0, 0.05) is 0 Å². The smallest absolute Gasteiger partial charge is 0.323 e. The minimum Gasteiger partial charge on any atom is -0.468 e. The van der Waals surface area contributed by atoms with Crippen molar-refractivity contribution >= 4 is 11.9 Å². The van der Waals surface area contributed by atoms with Gasteiger partial charge in [0.1, 0.15) is 0 Å². The first-order valence-electron chi connectivity index (χ1n) is 9.77. The van der Waals surface area contributed by atoms with E-state index in [1.165, 1.54) is 25.4 Å². The number of allylic oxidation sites excluding steroid dienone is 2. The van der Waals surface area contributed by atoms with E-state index in [-0.39, 0.29) is 5.41 Å². The monoisotopic (exact) mass is 368 g/mol. The van der Waals surface area contributed by atoms with Gasteiger partial charge >= 0.3 is 11.9 Å². The average Bonchev–Trinajstić information content (AvgIpc) is 3.54. The summed E-state index contributed by atoms with van der Waals surface area (Å²) in [5.41, 5.74) is 1.52. The molecule has 1 aromatic carbocycles.